The monoisotopic (exact) mass is 262 g/mol. The Morgan fingerprint density at radius 1 is 1.22 bits per heavy atom. The molecule has 0 fully saturated rings. The van der Waals surface area contributed by atoms with Crippen LogP contribution in [0.15, 0.2) is 0 Å². The summed E-state index contributed by atoms with van der Waals surface area (Å²) in [6, 6.07) is 0. The van der Waals surface area contributed by atoms with Crippen LogP contribution in [0.4, 0.5) is 0 Å². The van der Waals surface area contributed by atoms with Crippen LogP contribution in [0.3, 0.4) is 0 Å². The van der Waals surface area contributed by atoms with E-state index in [2.05, 4.69) is 21.1 Å². The van der Waals surface area contributed by atoms with Crippen LogP contribution in [0.5, 0.6) is 0 Å². The summed E-state index contributed by atoms with van der Waals surface area (Å²) < 4.78 is 0.844. The van der Waals surface area contributed by atoms with E-state index >= 15 is 0 Å². The summed E-state index contributed by atoms with van der Waals surface area (Å²) >= 11 is 0. The minimum Gasteiger partial charge on any atom is -0.412 e. The van der Waals surface area contributed by atoms with Crippen molar-refractivity contribution in [2.45, 2.75) is 0 Å². The number of nitrogens with zero attached hydrogens (tertiary/aromatic N) is 1. The first-order valence-electron chi connectivity index (χ1n) is 2.47. The van der Waals surface area contributed by atoms with Gasteiger partial charge in [0, 0.05) is 41.7 Å². The van der Waals surface area contributed by atoms with E-state index in [1.807, 2.05) is 0 Å². The van der Waals surface area contributed by atoms with Crippen LogP contribution in [-0.2, 0) is 0 Å². The van der Waals surface area contributed by atoms with Crippen LogP contribution in [0.1, 0.15) is 0 Å². The zero-order valence-corrected chi connectivity index (χ0v) is 9.45. The zero-order valence-electron chi connectivity index (χ0n) is 6.31. The molecule has 56 valence electrons. The van der Waals surface area contributed by atoms with Crippen LogP contribution in [0, 0.1) is 41.7 Å². The molecule has 3 N–H and O–H groups in total. The fourth-order valence-corrected chi connectivity index (χ4v) is 0.300. The Balaban J connectivity index is -0.000000180. The average Bonchev–Trinajstić information content (AvgIpc) is 1.30. The Hall–Kier alpha value is 1.26. The fraction of sp³-hybridized carbons (Fsp3) is 1.00. The summed E-state index contributed by atoms with van der Waals surface area (Å²) in [5, 5.41) is 8.39. The van der Waals surface area contributed by atoms with E-state index < -0.39 is 0 Å². The summed E-state index contributed by atoms with van der Waals surface area (Å²) in [6.07, 6.45) is 0. The molecule has 4 heteroatoms. The Morgan fingerprint density at radius 2 is 1.56 bits per heavy atom. The summed E-state index contributed by atoms with van der Waals surface area (Å²) in [7, 11) is 6.16. The molecule has 0 aromatic carbocycles. The first-order chi connectivity index (χ1) is 3.06. The number of aliphatic hydroxyl groups is 1. The number of quaternary nitrogens is 1. The van der Waals surface area contributed by atoms with Crippen molar-refractivity contribution in [3.05, 3.63) is 0 Å². The van der Waals surface area contributed by atoms with Crippen molar-refractivity contribution >= 4 is 0 Å². The van der Waals surface area contributed by atoms with Gasteiger partial charge in [0.1, 0.15) is 6.54 Å². The molecule has 0 aromatic rings. The molecule has 0 rings (SSSR count). The Labute approximate surface area is 90.3 Å². The molecule has 0 unspecified atom stereocenters. The molecular weight excluding hydrogens is 246 g/mol. The number of aliphatic hydroxyl groups excluding tert-OH is 1. The quantitative estimate of drug-likeness (QED) is 0.628. The molecular formula is C5H16CeNO2+. The van der Waals surface area contributed by atoms with Gasteiger partial charge in [-0.05, 0) is 0 Å². The van der Waals surface area contributed by atoms with Gasteiger partial charge in [-0.25, -0.2) is 0 Å². The normalized spacial score (nSPS) is 9.33. The molecule has 0 saturated heterocycles. The second-order valence-electron chi connectivity index (χ2n) is 2.74. The standard InChI is InChI=1S/C5H14NO.Ce.H2O/c1-6(2,3)4-5-7;;/h7H,4-5H2,1-3H3;;1H2/q+1;;. The molecule has 0 aromatic heterocycles. The predicted octanol–water partition coefficient (Wildman–Crippen LogP) is -1.14. The second kappa shape index (κ2) is 7.36. The van der Waals surface area contributed by atoms with Gasteiger partial charge >= 0.3 is 0 Å². The molecule has 0 bridgehead atoms. The predicted molar refractivity (Wildman–Crippen MR) is 33.6 cm³/mol. The fourth-order valence-electron chi connectivity index (χ4n) is 0.300. The van der Waals surface area contributed by atoms with Crippen LogP contribution >= 0.6 is 0 Å². The van der Waals surface area contributed by atoms with Gasteiger partial charge in [0.15, 0.2) is 0 Å². The van der Waals surface area contributed by atoms with Crippen molar-refractivity contribution in [3.8, 4) is 0 Å². The first-order valence-corrected chi connectivity index (χ1v) is 2.47. The molecule has 0 amide bonds. The number of hydrogen-bond acceptors (Lipinski definition) is 1. The molecule has 9 heavy (non-hydrogen) atoms. The minimum atomic E-state index is 0. The van der Waals surface area contributed by atoms with Gasteiger partial charge in [-0.2, -0.15) is 0 Å². The van der Waals surface area contributed by atoms with E-state index in [0.717, 1.165) is 11.0 Å². The van der Waals surface area contributed by atoms with Gasteiger partial charge in [0.25, 0.3) is 0 Å². The van der Waals surface area contributed by atoms with Crippen molar-refractivity contribution in [3.63, 3.8) is 0 Å². The molecule has 0 heterocycles. The van der Waals surface area contributed by atoms with Gasteiger partial charge in [0.05, 0.1) is 27.7 Å². The van der Waals surface area contributed by atoms with E-state index in [1.165, 1.54) is 0 Å². The van der Waals surface area contributed by atoms with Crippen LogP contribution in [-0.4, -0.2) is 49.4 Å². The third-order valence-electron chi connectivity index (χ3n) is 0.771. The Kier molecular flexibility index (Phi) is 13.7. The molecule has 0 aliphatic rings. The Morgan fingerprint density at radius 3 is 1.56 bits per heavy atom. The van der Waals surface area contributed by atoms with Gasteiger partial charge in [0.2, 0.25) is 0 Å². The van der Waals surface area contributed by atoms with Crippen molar-refractivity contribution in [1.29, 1.82) is 0 Å². The number of likely N-dealkylation sites (N-methyl/N-ethyl adjacent to an activating group) is 1. The van der Waals surface area contributed by atoms with E-state index in [1.54, 1.807) is 0 Å². The summed E-state index contributed by atoms with van der Waals surface area (Å²) in [5.41, 5.74) is 0. The summed E-state index contributed by atoms with van der Waals surface area (Å²) in [6.45, 7) is 1.11. The van der Waals surface area contributed by atoms with E-state index in [9.17, 15) is 0 Å². The minimum absolute atomic E-state index is 0. The SMILES string of the molecule is C[N+](C)(C)CCO.O.[Ce]. The Bertz CT molecular complexity index is 53.4. The molecule has 0 spiro atoms. The van der Waals surface area contributed by atoms with Gasteiger partial charge < -0.3 is 15.1 Å². The van der Waals surface area contributed by atoms with Crippen molar-refractivity contribution in [1.82, 2.24) is 0 Å². The van der Waals surface area contributed by atoms with Crippen LogP contribution < -0.4 is 0 Å². The van der Waals surface area contributed by atoms with E-state index in [4.69, 9.17) is 5.11 Å². The molecule has 3 nitrogen and oxygen atoms in total. The smallest absolute Gasteiger partial charge is 0.101 e. The summed E-state index contributed by atoms with van der Waals surface area (Å²) in [5.74, 6) is 0. The van der Waals surface area contributed by atoms with Gasteiger partial charge in [-0.1, -0.05) is 0 Å². The molecule has 0 atom stereocenters. The van der Waals surface area contributed by atoms with Gasteiger partial charge in [-0.15, -0.1) is 0 Å². The largest absolute Gasteiger partial charge is 0.412 e. The second-order valence-corrected chi connectivity index (χ2v) is 2.74. The van der Waals surface area contributed by atoms with Crippen LogP contribution in [0.2, 0.25) is 0 Å². The maximum absolute atomic E-state index is 8.39. The maximum atomic E-state index is 8.39. The van der Waals surface area contributed by atoms with E-state index in [-0.39, 0.29) is 53.8 Å². The third kappa shape index (κ3) is 17.6. The van der Waals surface area contributed by atoms with Crippen molar-refractivity contribution in [2.24, 2.45) is 0 Å². The zero-order chi connectivity index (χ0) is 5.91. The molecule has 0 saturated carbocycles. The van der Waals surface area contributed by atoms with Crippen molar-refractivity contribution < 1.29 is 56.8 Å². The molecule has 0 radical (unpaired) electrons. The van der Waals surface area contributed by atoms with Crippen molar-refractivity contribution in [2.75, 3.05) is 34.3 Å². The maximum Gasteiger partial charge on any atom is 0.101 e. The van der Waals surface area contributed by atoms with E-state index in [0.29, 0.717) is 0 Å². The number of rotatable bonds is 2. The number of hydrogen-bond donors (Lipinski definition) is 1. The topological polar surface area (TPSA) is 51.7 Å². The third-order valence-corrected chi connectivity index (χ3v) is 0.771. The average molecular weight is 262 g/mol. The first kappa shape index (κ1) is 16.7. The molecule has 0 aliphatic carbocycles. The summed E-state index contributed by atoms with van der Waals surface area (Å²) in [4.78, 5) is 0. The van der Waals surface area contributed by atoms with Gasteiger partial charge in [-0.3, -0.25) is 0 Å². The molecule has 0 aliphatic heterocycles. The van der Waals surface area contributed by atoms with Crippen LogP contribution in [0.25, 0.3) is 0 Å².